The third-order valence-electron chi connectivity index (χ3n) is 3.81. The highest BCUT2D eigenvalue weighted by Gasteiger charge is 2.14. The van der Waals surface area contributed by atoms with E-state index in [9.17, 15) is 14.4 Å². The molecule has 0 aromatic heterocycles. The molecule has 7 heteroatoms. The van der Waals surface area contributed by atoms with Crippen molar-refractivity contribution in [2.75, 3.05) is 11.9 Å². The van der Waals surface area contributed by atoms with E-state index in [-0.39, 0.29) is 36.7 Å². The zero-order chi connectivity index (χ0) is 19.8. The van der Waals surface area contributed by atoms with Gasteiger partial charge in [0.15, 0.2) is 0 Å². The van der Waals surface area contributed by atoms with Crippen LogP contribution >= 0.6 is 15.9 Å². The number of amides is 3. The van der Waals surface area contributed by atoms with Crippen LogP contribution in [-0.4, -0.2) is 30.3 Å². The molecule has 0 radical (unpaired) electrons. The van der Waals surface area contributed by atoms with Gasteiger partial charge in [0.25, 0.3) is 5.91 Å². The van der Waals surface area contributed by atoms with Gasteiger partial charge in [-0.2, -0.15) is 0 Å². The second-order valence-electron chi connectivity index (χ2n) is 6.23. The van der Waals surface area contributed by atoms with Crippen LogP contribution in [0.15, 0.2) is 53.0 Å². The van der Waals surface area contributed by atoms with Gasteiger partial charge in [-0.15, -0.1) is 0 Å². The van der Waals surface area contributed by atoms with Crippen molar-refractivity contribution in [1.82, 2.24) is 10.6 Å². The Labute approximate surface area is 166 Å². The molecule has 0 aliphatic rings. The van der Waals surface area contributed by atoms with Crippen molar-refractivity contribution >= 4 is 39.3 Å². The molecule has 2 aromatic rings. The van der Waals surface area contributed by atoms with Crippen LogP contribution in [0.4, 0.5) is 5.69 Å². The second kappa shape index (κ2) is 9.87. The first kappa shape index (κ1) is 20.6. The first-order chi connectivity index (χ1) is 12.8. The summed E-state index contributed by atoms with van der Waals surface area (Å²) in [6.45, 7) is 3.50. The largest absolute Gasteiger partial charge is 0.349 e. The van der Waals surface area contributed by atoms with Crippen molar-refractivity contribution in [3.63, 3.8) is 0 Å². The number of halogens is 1. The second-order valence-corrected chi connectivity index (χ2v) is 7.14. The minimum Gasteiger partial charge on any atom is -0.349 e. The predicted molar refractivity (Wildman–Crippen MR) is 109 cm³/mol. The van der Waals surface area contributed by atoms with Crippen LogP contribution < -0.4 is 16.0 Å². The Morgan fingerprint density at radius 2 is 1.74 bits per heavy atom. The Hall–Kier alpha value is -2.67. The van der Waals surface area contributed by atoms with E-state index in [0.29, 0.717) is 11.3 Å². The topological polar surface area (TPSA) is 87.3 Å². The van der Waals surface area contributed by atoms with Gasteiger partial charge in [-0.1, -0.05) is 34.1 Å². The molecule has 0 heterocycles. The molecule has 1 unspecified atom stereocenters. The molecule has 0 aliphatic heterocycles. The monoisotopic (exact) mass is 431 g/mol. The summed E-state index contributed by atoms with van der Waals surface area (Å²) in [4.78, 5) is 36.0. The molecule has 6 nitrogen and oxygen atoms in total. The van der Waals surface area contributed by atoms with Crippen LogP contribution in [0.2, 0.25) is 0 Å². The fourth-order valence-corrected chi connectivity index (χ4v) is 2.91. The van der Waals surface area contributed by atoms with E-state index >= 15 is 0 Å². The minimum absolute atomic E-state index is 0.0865. The molecule has 0 bridgehead atoms. The quantitative estimate of drug-likeness (QED) is 0.629. The Balaban J connectivity index is 1.75. The van der Waals surface area contributed by atoms with Crippen molar-refractivity contribution < 1.29 is 14.4 Å². The number of hydrogen-bond donors (Lipinski definition) is 3. The molecular formula is C20H22BrN3O3. The number of nitrogens with one attached hydrogen (secondary N) is 3. The maximum atomic E-state index is 12.1. The Morgan fingerprint density at radius 1 is 1.04 bits per heavy atom. The van der Waals surface area contributed by atoms with E-state index in [0.717, 1.165) is 10.0 Å². The van der Waals surface area contributed by atoms with Gasteiger partial charge in [0.2, 0.25) is 11.8 Å². The molecule has 0 spiro atoms. The lowest BCUT2D eigenvalue weighted by molar-refractivity contribution is -0.124. The number of carbonyl (C=O) groups excluding carboxylic acids is 3. The summed E-state index contributed by atoms with van der Waals surface area (Å²) in [5.41, 5.74) is 2.15. The lowest BCUT2D eigenvalue weighted by Crippen LogP contribution is -2.39. The highest BCUT2D eigenvalue weighted by atomic mass is 79.9. The Kier molecular flexibility index (Phi) is 7.55. The molecule has 2 aromatic carbocycles. The Morgan fingerprint density at radius 3 is 2.41 bits per heavy atom. The lowest BCUT2D eigenvalue weighted by Gasteiger charge is -2.14. The summed E-state index contributed by atoms with van der Waals surface area (Å²) in [6.07, 6.45) is 0.0865. The molecule has 0 saturated carbocycles. The highest BCUT2D eigenvalue weighted by Crippen LogP contribution is 2.19. The van der Waals surface area contributed by atoms with Gasteiger partial charge in [-0.3, -0.25) is 14.4 Å². The normalized spacial score (nSPS) is 11.4. The van der Waals surface area contributed by atoms with Gasteiger partial charge in [-0.25, -0.2) is 0 Å². The van der Waals surface area contributed by atoms with E-state index in [1.807, 2.05) is 25.1 Å². The number of benzene rings is 2. The number of carbonyl (C=O) groups is 3. The summed E-state index contributed by atoms with van der Waals surface area (Å²) in [5.74, 6) is -0.854. The van der Waals surface area contributed by atoms with Crippen molar-refractivity contribution in [3.8, 4) is 0 Å². The maximum Gasteiger partial charge on any atom is 0.251 e. The number of rotatable bonds is 7. The SMILES string of the molecule is Cc1cc(Br)ccc1NC(=O)CNC(=O)CC(C)NC(=O)c1ccccc1. The standard InChI is InChI=1S/C20H22BrN3O3/c1-13-10-16(21)8-9-17(13)24-19(26)12-22-18(25)11-14(2)23-20(27)15-6-4-3-5-7-15/h3-10,14H,11-12H2,1-2H3,(H,22,25)(H,23,27)(H,24,26). The fourth-order valence-electron chi connectivity index (χ4n) is 2.44. The van der Waals surface area contributed by atoms with Gasteiger partial charge in [-0.05, 0) is 49.7 Å². The lowest BCUT2D eigenvalue weighted by atomic mass is 10.1. The molecule has 27 heavy (non-hydrogen) atoms. The average molecular weight is 432 g/mol. The van der Waals surface area contributed by atoms with Gasteiger partial charge in [0.05, 0.1) is 6.54 Å². The third-order valence-corrected chi connectivity index (χ3v) is 4.31. The summed E-state index contributed by atoms with van der Waals surface area (Å²) in [5, 5.41) is 8.08. The van der Waals surface area contributed by atoms with E-state index in [2.05, 4.69) is 31.9 Å². The zero-order valence-corrected chi connectivity index (χ0v) is 16.8. The van der Waals surface area contributed by atoms with Crippen molar-refractivity contribution in [1.29, 1.82) is 0 Å². The molecule has 0 aliphatic carbocycles. The third kappa shape index (κ3) is 6.86. The van der Waals surface area contributed by atoms with Gasteiger partial charge >= 0.3 is 0 Å². The minimum atomic E-state index is -0.352. The first-order valence-electron chi connectivity index (χ1n) is 8.54. The molecule has 3 amide bonds. The number of aryl methyl sites for hydroxylation is 1. The van der Waals surface area contributed by atoms with Crippen LogP contribution in [0.3, 0.4) is 0 Å². The van der Waals surface area contributed by atoms with Crippen LogP contribution in [0, 0.1) is 6.92 Å². The number of hydrogen-bond acceptors (Lipinski definition) is 3. The highest BCUT2D eigenvalue weighted by molar-refractivity contribution is 9.10. The molecule has 2 rings (SSSR count). The molecule has 1 atom stereocenters. The predicted octanol–water partition coefficient (Wildman–Crippen LogP) is 3.02. The zero-order valence-electron chi connectivity index (χ0n) is 15.2. The average Bonchev–Trinajstić information content (AvgIpc) is 2.63. The van der Waals surface area contributed by atoms with Gasteiger partial charge in [0, 0.05) is 28.2 Å². The summed E-state index contributed by atoms with van der Waals surface area (Å²) >= 11 is 3.37. The van der Waals surface area contributed by atoms with Crippen LogP contribution in [0.1, 0.15) is 29.3 Å². The van der Waals surface area contributed by atoms with Crippen LogP contribution in [0.25, 0.3) is 0 Å². The van der Waals surface area contributed by atoms with E-state index in [1.165, 1.54) is 0 Å². The summed E-state index contributed by atoms with van der Waals surface area (Å²) in [7, 11) is 0. The van der Waals surface area contributed by atoms with Crippen LogP contribution in [-0.2, 0) is 9.59 Å². The molecular weight excluding hydrogens is 410 g/mol. The molecule has 142 valence electrons. The van der Waals surface area contributed by atoms with Crippen molar-refractivity contribution in [2.45, 2.75) is 26.3 Å². The van der Waals surface area contributed by atoms with E-state index in [1.54, 1.807) is 37.3 Å². The molecule has 0 fully saturated rings. The van der Waals surface area contributed by atoms with Crippen molar-refractivity contribution in [2.24, 2.45) is 0 Å². The fraction of sp³-hybridized carbons (Fsp3) is 0.250. The van der Waals surface area contributed by atoms with E-state index in [4.69, 9.17) is 0 Å². The first-order valence-corrected chi connectivity index (χ1v) is 9.33. The molecule has 0 saturated heterocycles. The summed E-state index contributed by atoms with van der Waals surface area (Å²) in [6, 6.07) is 14.0. The van der Waals surface area contributed by atoms with Gasteiger partial charge in [0.1, 0.15) is 0 Å². The maximum absolute atomic E-state index is 12.1. The van der Waals surface area contributed by atoms with E-state index < -0.39 is 0 Å². The molecule has 3 N–H and O–H groups in total. The number of anilines is 1. The smallest absolute Gasteiger partial charge is 0.251 e. The Bertz CT molecular complexity index is 824. The van der Waals surface area contributed by atoms with Crippen LogP contribution in [0.5, 0.6) is 0 Å². The van der Waals surface area contributed by atoms with Gasteiger partial charge < -0.3 is 16.0 Å². The summed E-state index contributed by atoms with van der Waals surface area (Å²) < 4.78 is 0.929. The van der Waals surface area contributed by atoms with Crippen molar-refractivity contribution in [3.05, 3.63) is 64.1 Å².